The predicted molar refractivity (Wildman–Crippen MR) is 152 cm³/mol. The molecule has 7 nitrogen and oxygen atoms in total. The number of thiophene rings is 1. The minimum absolute atomic E-state index is 0.0621. The normalized spacial score (nSPS) is 17.4. The molecule has 0 saturated carbocycles. The van der Waals surface area contributed by atoms with Gasteiger partial charge in [-0.05, 0) is 83.3 Å². The van der Waals surface area contributed by atoms with Crippen LogP contribution in [0, 0.1) is 6.92 Å². The van der Waals surface area contributed by atoms with Gasteiger partial charge in [0.05, 0.1) is 20.4 Å². The number of ether oxygens (including phenoxy) is 1. The smallest absolute Gasteiger partial charge is 0.461 e. The highest BCUT2D eigenvalue weighted by molar-refractivity contribution is 7.19. The Morgan fingerprint density at radius 3 is 2.38 bits per heavy atom. The average Bonchev–Trinajstić information content (AvgIpc) is 3.34. The number of carbonyl (C=O) groups is 1. The first kappa shape index (κ1) is 29.1. The van der Waals surface area contributed by atoms with Crippen LogP contribution in [0.4, 0.5) is 5.82 Å². The highest BCUT2D eigenvalue weighted by atomic mass is 35.5. The van der Waals surface area contributed by atoms with Crippen molar-refractivity contribution < 1.29 is 18.8 Å². The number of rotatable bonds is 9. The van der Waals surface area contributed by atoms with Gasteiger partial charge >= 0.3 is 13.1 Å². The molecule has 0 atom stereocenters. The molecule has 10 heteroatoms. The summed E-state index contributed by atoms with van der Waals surface area (Å²) in [6.45, 7) is 19.4. The lowest BCUT2D eigenvalue weighted by atomic mass is 9.76. The van der Waals surface area contributed by atoms with Crippen LogP contribution >= 0.6 is 22.9 Å². The number of anilines is 1. The van der Waals surface area contributed by atoms with Crippen molar-refractivity contribution in [2.45, 2.75) is 73.0 Å². The monoisotopic (exact) mass is 543 g/mol. The van der Waals surface area contributed by atoms with Crippen LogP contribution in [0.3, 0.4) is 0 Å². The molecule has 0 aromatic carbocycles. The molecule has 1 aliphatic rings. The van der Waals surface area contributed by atoms with E-state index in [4.69, 9.17) is 35.6 Å². The van der Waals surface area contributed by atoms with Gasteiger partial charge in [0.1, 0.15) is 12.4 Å². The van der Waals surface area contributed by atoms with Crippen molar-refractivity contribution in [1.82, 2.24) is 9.97 Å². The van der Waals surface area contributed by atoms with E-state index in [1.807, 2.05) is 59.8 Å². The van der Waals surface area contributed by atoms with E-state index >= 15 is 0 Å². The number of hydrogen-bond donors (Lipinski definition) is 1. The van der Waals surface area contributed by atoms with Crippen molar-refractivity contribution in [1.29, 1.82) is 0 Å². The van der Waals surface area contributed by atoms with E-state index in [0.29, 0.717) is 21.7 Å². The van der Waals surface area contributed by atoms with E-state index < -0.39 is 18.3 Å². The number of allylic oxidation sites excluding steroid dienone is 2. The molecule has 1 saturated heterocycles. The van der Waals surface area contributed by atoms with Crippen LogP contribution in [0.15, 0.2) is 47.6 Å². The van der Waals surface area contributed by atoms with Crippen LogP contribution in [0.25, 0.3) is 10.7 Å². The topological polar surface area (TPSA) is 82.6 Å². The van der Waals surface area contributed by atoms with Crippen molar-refractivity contribution in [2.75, 3.05) is 11.9 Å². The molecule has 0 unspecified atom stereocenters. The number of nitrogens with one attached hydrogen (secondary N) is 1. The van der Waals surface area contributed by atoms with Gasteiger partial charge in [0, 0.05) is 23.9 Å². The largest absolute Gasteiger partial charge is 0.490 e. The minimum atomic E-state index is -0.583. The van der Waals surface area contributed by atoms with E-state index in [0.717, 1.165) is 33.6 Å². The second-order valence-corrected chi connectivity index (χ2v) is 11.6. The zero-order valence-electron chi connectivity index (χ0n) is 22.8. The molecule has 3 heterocycles. The summed E-state index contributed by atoms with van der Waals surface area (Å²) in [6.07, 6.45) is 4.33. The number of carbonyl (C=O) groups excluding carboxylic acids is 1. The molecule has 0 bridgehead atoms. The Kier molecular flexibility index (Phi) is 9.06. The third-order valence-corrected chi connectivity index (χ3v) is 7.94. The summed E-state index contributed by atoms with van der Waals surface area (Å²) < 4.78 is 18.5. The molecule has 2 aromatic rings. The maximum atomic E-state index is 11.7. The Bertz CT molecular complexity index is 1240. The zero-order chi connectivity index (χ0) is 27.5. The molecule has 198 valence electrons. The number of hydrogen-bond acceptors (Lipinski definition) is 8. The van der Waals surface area contributed by atoms with Crippen LogP contribution in [-0.2, 0) is 25.3 Å². The van der Waals surface area contributed by atoms with Crippen LogP contribution < -0.4 is 5.32 Å². The Hall–Kier alpha value is -2.46. The molecule has 1 N–H and O–H groups in total. The van der Waals surface area contributed by atoms with Crippen molar-refractivity contribution in [3.8, 4) is 10.7 Å². The first-order valence-corrected chi connectivity index (χ1v) is 13.4. The average molecular weight is 544 g/mol. The van der Waals surface area contributed by atoms with E-state index in [-0.39, 0.29) is 12.6 Å². The van der Waals surface area contributed by atoms with Gasteiger partial charge in [0.2, 0.25) is 0 Å². The highest BCUT2D eigenvalue weighted by Crippen LogP contribution is 2.39. The number of nitrogens with zero attached hydrogens (tertiary/aromatic N) is 2. The zero-order valence-corrected chi connectivity index (χ0v) is 24.4. The third-order valence-electron chi connectivity index (χ3n) is 6.72. The second kappa shape index (κ2) is 11.5. The SMILES string of the molecule is C=C/C(=C\C(COC(C)=O)=C(/C)B1OC(C)(C)C(C)(C)O1)Nc1nc(-c2ccc(Cl)s2)nc(C)c1CC. The van der Waals surface area contributed by atoms with Gasteiger partial charge < -0.3 is 19.4 Å². The number of esters is 1. The molecule has 0 spiro atoms. The molecule has 3 rings (SSSR count). The van der Waals surface area contributed by atoms with Crippen LogP contribution in [-0.4, -0.2) is 40.9 Å². The van der Waals surface area contributed by atoms with E-state index in [1.165, 1.54) is 18.3 Å². The first-order chi connectivity index (χ1) is 17.3. The van der Waals surface area contributed by atoms with Crippen molar-refractivity contribution in [2.24, 2.45) is 0 Å². The van der Waals surface area contributed by atoms with E-state index in [2.05, 4.69) is 18.8 Å². The standard InChI is InChI=1S/C27H35BClN3O4S/c1-10-20(31-24-21(11-2)17(4)30-25(32-24)22-12-13-23(29)37-22)14-19(15-34-18(5)33)16(3)28-35-26(6,7)27(8,9)36-28/h10,12-14H,1,11,15H2,2-9H3,(H,30,31,32)/b19-16-,20-14+. The molecule has 1 fully saturated rings. The van der Waals surface area contributed by atoms with Gasteiger partial charge in [0.25, 0.3) is 0 Å². The summed E-state index contributed by atoms with van der Waals surface area (Å²) in [5, 5.41) is 3.41. The number of aromatic nitrogens is 2. The van der Waals surface area contributed by atoms with Crippen LogP contribution in [0.1, 0.15) is 59.7 Å². The predicted octanol–water partition coefficient (Wildman–Crippen LogP) is 6.72. The Morgan fingerprint density at radius 1 is 1.22 bits per heavy atom. The summed E-state index contributed by atoms with van der Waals surface area (Å²) >= 11 is 7.57. The molecular weight excluding hydrogens is 509 g/mol. The Balaban J connectivity index is 2.03. The van der Waals surface area contributed by atoms with Gasteiger partial charge in [-0.25, -0.2) is 9.97 Å². The highest BCUT2D eigenvalue weighted by Gasteiger charge is 2.52. The second-order valence-electron chi connectivity index (χ2n) is 9.92. The maximum absolute atomic E-state index is 11.7. The molecule has 0 radical (unpaired) electrons. The fraction of sp³-hybridized carbons (Fsp3) is 0.444. The fourth-order valence-corrected chi connectivity index (χ4v) is 4.73. The Labute approximate surface area is 229 Å². The van der Waals surface area contributed by atoms with Gasteiger partial charge in [-0.15, -0.1) is 11.3 Å². The van der Waals surface area contributed by atoms with Gasteiger partial charge in [-0.1, -0.05) is 25.1 Å². The minimum Gasteiger partial charge on any atom is -0.461 e. The lowest BCUT2D eigenvalue weighted by molar-refractivity contribution is -0.139. The Morgan fingerprint density at radius 2 is 1.86 bits per heavy atom. The molecule has 2 aromatic heterocycles. The van der Waals surface area contributed by atoms with Crippen molar-refractivity contribution >= 4 is 41.8 Å². The number of halogens is 1. The van der Waals surface area contributed by atoms with Crippen LogP contribution in [0.2, 0.25) is 4.34 Å². The van der Waals surface area contributed by atoms with Gasteiger partial charge in [-0.2, -0.15) is 0 Å². The molecule has 1 aliphatic heterocycles. The van der Waals surface area contributed by atoms with E-state index in [1.54, 1.807) is 6.08 Å². The van der Waals surface area contributed by atoms with Gasteiger partial charge in [-0.3, -0.25) is 4.79 Å². The summed E-state index contributed by atoms with van der Waals surface area (Å²) in [4.78, 5) is 22.0. The van der Waals surface area contributed by atoms with Crippen molar-refractivity contribution in [3.63, 3.8) is 0 Å². The summed E-state index contributed by atoms with van der Waals surface area (Å²) in [5.74, 6) is 0.905. The molecular formula is C27H35BClN3O4S. The molecule has 37 heavy (non-hydrogen) atoms. The quantitative estimate of drug-likeness (QED) is 0.213. The lowest BCUT2D eigenvalue weighted by Gasteiger charge is -2.32. The number of aryl methyl sites for hydroxylation is 1. The molecule has 0 amide bonds. The maximum Gasteiger partial charge on any atom is 0.490 e. The summed E-state index contributed by atoms with van der Waals surface area (Å²) in [7, 11) is -0.583. The van der Waals surface area contributed by atoms with Crippen molar-refractivity contribution in [3.05, 3.63) is 63.2 Å². The molecule has 0 aliphatic carbocycles. The third kappa shape index (κ3) is 6.71. The van der Waals surface area contributed by atoms with E-state index in [9.17, 15) is 4.79 Å². The van der Waals surface area contributed by atoms with Crippen LogP contribution in [0.5, 0.6) is 0 Å². The lowest BCUT2D eigenvalue weighted by Crippen LogP contribution is -2.41. The fourth-order valence-electron chi connectivity index (χ4n) is 3.76. The first-order valence-electron chi connectivity index (χ1n) is 12.2. The summed E-state index contributed by atoms with van der Waals surface area (Å²) in [5.41, 5.74) is 3.12. The van der Waals surface area contributed by atoms with Gasteiger partial charge in [0.15, 0.2) is 5.82 Å². The summed E-state index contributed by atoms with van der Waals surface area (Å²) in [6, 6.07) is 3.75.